The van der Waals surface area contributed by atoms with Gasteiger partial charge >= 0.3 is 0 Å². The van der Waals surface area contributed by atoms with Crippen LogP contribution in [0.2, 0.25) is 10.0 Å². The third-order valence-electron chi connectivity index (χ3n) is 5.16. The topological polar surface area (TPSA) is 95.6 Å². The number of rotatable bonds is 5. The molecule has 8 nitrogen and oxygen atoms in total. The molecule has 0 saturated carbocycles. The van der Waals surface area contributed by atoms with Gasteiger partial charge in [0.25, 0.3) is 0 Å². The number of nitrogen functional groups attached to an aromatic ring is 1. The van der Waals surface area contributed by atoms with Gasteiger partial charge in [-0.1, -0.05) is 23.2 Å². The zero-order valence-corrected chi connectivity index (χ0v) is 18.3. The lowest BCUT2D eigenvalue weighted by Gasteiger charge is -2.21. The van der Waals surface area contributed by atoms with Gasteiger partial charge in [0.15, 0.2) is 5.82 Å². The first-order valence-corrected chi connectivity index (χ1v) is 10.0. The van der Waals surface area contributed by atoms with Crippen molar-refractivity contribution in [2.24, 2.45) is 0 Å². The number of aromatic nitrogens is 3. The number of hydrogen-bond acceptors (Lipinski definition) is 8. The summed E-state index contributed by atoms with van der Waals surface area (Å²) in [6, 6.07) is 3.39. The Kier molecular flexibility index (Phi) is 5.73. The Hall–Kier alpha value is -2.55. The highest BCUT2D eigenvalue weighted by Gasteiger charge is 2.27. The Morgan fingerprint density at radius 1 is 1.07 bits per heavy atom. The summed E-state index contributed by atoms with van der Waals surface area (Å²) in [5.74, 6) is 2.28. The van der Waals surface area contributed by atoms with E-state index in [-0.39, 0.29) is 6.10 Å². The van der Waals surface area contributed by atoms with Crippen LogP contribution in [0, 0.1) is 0 Å². The predicted octanol–water partition coefficient (Wildman–Crippen LogP) is 3.82. The molecular formula is C20H21Cl2N5O3. The third-order valence-corrected chi connectivity index (χ3v) is 5.91. The van der Waals surface area contributed by atoms with E-state index in [4.69, 9.17) is 48.1 Å². The summed E-state index contributed by atoms with van der Waals surface area (Å²) in [6.45, 7) is 1.49. The van der Waals surface area contributed by atoms with Crippen molar-refractivity contribution in [1.82, 2.24) is 15.0 Å². The van der Waals surface area contributed by atoms with Crippen molar-refractivity contribution >= 4 is 45.7 Å². The first-order chi connectivity index (χ1) is 14.5. The molecule has 0 amide bonds. The fraction of sp³-hybridized carbons (Fsp3) is 0.350. The van der Waals surface area contributed by atoms with Crippen LogP contribution in [0.3, 0.4) is 0 Å². The molecule has 0 spiro atoms. The van der Waals surface area contributed by atoms with Gasteiger partial charge in [-0.25, -0.2) is 15.0 Å². The SMILES string of the molecule is COc1cc(OC)c(Cl)c(-c2nc(N3CCC(OC)C3)c3cc(N)ncc3n2)c1Cl. The second-order valence-corrected chi connectivity index (χ2v) is 7.63. The Morgan fingerprint density at radius 3 is 2.37 bits per heavy atom. The number of methoxy groups -OCH3 is 3. The van der Waals surface area contributed by atoms with Crippen LogP contribution in [0.5, 0.6) is 11.5 Å². The van der Waals surface area contributed by atoms with Crippen LogP contribution in [0.15, 0.2) is 18.3 Å². The Balaban J connectivity index is 1.97. The van der Waals surface area contributed by atoms with Crippen LogP contribution in [0.1, 0.15) is 6.42 Å². The van der Waals surface area contributed by atoms with E-state index in [9.17, 15) is 0 Å². The average molecular weight is 450 g/mol. The standard InChI is InChI=1S/C20H21Cl2N5O3/c1-28-10-4-5-27(9-10)20-11-6-15(23)24-8-12(11)25-19(26-20)16-17(21)13(29-2)7-14(30-3)18(16)22/h6-8,10H,4-5,9H2,1-3H3,(H2,23,24). The van der Waals surface area contributed by atoms with Gasteiger partial charge in [-0.2, -0.15) is 0 Å². The van der Waals surface area contributed by atoms with Crippen molar-refractivity contribution in [3.05, 3.63) is 28.4 Å². The largest absolute Gasteiger partial charge is 0.495 e. The maximum Gasteiger partial charge on any atom is 0.165 e. The van der Waals surface area contributed by atoms with E-state index >= 15 is 0 Å². The molecule has 158 valence electrons. The second kappa shape index (κ2) is 8.29. The summed E-state index contributed by atoms with van der Waals surface area (Å²) in [5.41, 5.74) is 6.98. The molecule has 1 saturated heterocycles. The lowest BCUT2D eigenvalue weighted by molar-refractivity contribution is 0.121. The lowest BCUT2D eigenvalue weighted by Crippen LogP contribution is -2.24. The van der Waals surface area contributed by atoms with Gasteiger partial charge in [0.1, 0.15) is 23.1 Å². The van der Waals surface area contributed by atoms with Crippen molar-refractivity contribution in [3.8, 4) is 22.9 Å². The molecule has 0 aliphatic carbocycles. The van der Waals surface area contributed by atoms with E-state index < -0.39 is 0 Å². The molecule has 2 aromatic heterocycles. The third kappa shape index (κ3) is 3.55. The monoisotopic (exact) mass is 449 g/mol. The van der Waals surface area contributed by atoms with E-state index in [1.807, 2.05) is 0 Å². The van der Waals surface area contributed by atoms with Gasteiger partial charge in [0, 0.05) is 31.7 Å². The molecule has 30 heavy (non-hydrogen) atoms. The number of nitrogens with zero attached hydrogens (tertiary/aromatic N) is 4. The highest BCUT2D eigenvalue weighted by molar-refractivity contribution is 6.41. The molecule has 2 N–H and O–H groups in total. The van der Waals surface area contributed by atoms with E-state index in [0.717, 1.165) is 24.2 Å². The Morgan fingerprint density at radius 2 is 1.77 bits per heavy atom. The Labute approximate surface area is 183 Å². The van der Waals surface area contributed by atoms with E-state index in [2.05, 4.69) is 14.9 Å². The van der Waals surface area contributed by atoms with Crippen molar-refractivity contribution in [3.63, 3.8) is 0 Å². The number of nitrogens with two attached hydrogens (primary N) is 1. The van der Waals surface area contributed by atoms with Gasteiger partial charge < -0.3 is 24.8 Å². The quantitative estimate of drug-likeness (QED) is 0.627. The Bertz CT molecular complexity index is 1080. The van der Waals surface area contributed by atoms with Gasteiger partial charge in [0.2, 0.25) is 0 Å². The number of benzene rings is 1. The smallest absolute Gasteiger partial charge is 0.165 e. The van der Waals surface area contributed by atoms with Crippen LogP contribution in [-0.4, -0.2) is 55.5 Å². The maximum absolute atomic E-state index is 6.60. The molecule has 1 atom stereocenters. The predicted molar refractivity (Wildman–Crippen MR) is 118 cm³/mol. The molecule has 0 radical (unpaired) electrons. The van der Waals surface area contributed by atoms with Crippen molar-refractivity contribution in [2.45, 2.75) is 12.5 Å². The summed E-state index contributed by atoms with van der Waals surface area (Å²) >= 11 is 13.2. The van der Waals surface area contributed by atoms with Gasteiger partial charge in [-0.05, 0) is 12.5 Å². The van der Waals surface area contributed by atoms with E-state index in [1.165, 1.54) is 14.2 Å². The van der Waals surface area contributed by atoms with E-state index in [0.29, 0.717) is 50.8 Å². The second-order valence-electron chi connectivity index (χ2n) is 6.87. The first kappa shape index (κ1) is 20.7. The molecule has 1 fully saturated rings. The van der Waals surface area contributed by atoms with Crippen LogP contribution in [0.4, 0.5) is 11.6 Å². The van der Waals surface area contributed by atoms with Crippen molar-refractivity contribution in [2.75, 3.05) is 45.1 Å². The fourth-order valence-electron chi connectivity index (χ4n) is 3.58. The number of fused-ring (bicyclic) bond motifs is 1. The van der Waals surface area contributed by atoms with Crippen LogP contribution < -0.4 is 20.1 Å². The highest BCUT2D eigenvalue weighted by Crippen LogP contribution is 2.45. The molecule has 3 aromatic rings. The maximum atomic E-state index is 6.60. The summed E-state index contributed by atoms with van der Waals surface area (Å²) in [5, 5.41) is 1.39. The summed E-state index contributed by atoms with van der Waals surface area (Å²) in [4.78, 5) is 15.8. The number of ether oxygens (including phenoxy) is 3. The minimum Gasteiger partial charge on any atom is -0.495 e. The molecule has 1 aromatic carbocycles. The fourth-order valence-corrected chi connectivity index (χ4v) is 4.25. The molecule has 10 heteroatoms. The molecule has 1 unspecified atom stereocenters. The van der Waals surface area contributed by atoms with Gasteiger partial charge in [0.05, 0.1) is 47.6 Å². The summed E-state index contributed by atoms with van der Waals surface area (Å²) < 4.78 is 16.3. The molecule has 0 bridgehead atoms. The van der Waals surface area contributed by atoms with Crippen LogP contribution in [-0.2, 0) is 4.74 Å². The summed E-state index contributed by atoms with van der Waals surface area (Å²) in [7, 11) is 4.75. The molecule has 3 heterocycles. The molecule has 1 aliphatic rings. The van der Waals surface area contributed by atoms with Crippen molar-refractivity contribution in [1.29, 1.82) is 0 Å². The van der Waals surface area contributed by atoms with Crippen LogP contribution >= 0.6 is 23.2 Å². The summed E-state index contributed by atoms with van der Waals surface area (Å²) in [6.07, 6.45) is 2.64. The zero-order chi connectivity index (χ0) is 21.4. The lowest BCUT2D eigenvalue weighted by atomic mass is 10.1. The first-order valence-electron chi connectivity index (χ1n) is 9.28. The number of hydrogen-bond donors (Lipinski definition) is 1. The molecule has 1 aliphatic heterocycles. The van der Waals surface area contributed by atoms with Gasteiger partial charge in [-0.15, -0.1) is 0 Å². The van der Waals surface area contributed by atoms with Gasteiger partial charge in [-0.3, -0.25) is 0 Å². The van der Waals surface area contributed by atoms with Crippen LogP contribution in [0.25, 0.3) is 22.3 Å². The minimum atomic E-state index is 0.127. The minimum absolute atomic E-state index is 0.127. The molecule has 4 rings (SSSR count). The average Bonchev–Trinajstić information content (AvgIpc) is 3.23. The number of pyridine rings is 1. The number of halogens is 2. The zero-order valence-electron chi connectivity index (χ0n) is 16.8. The van der Waals surface area contributed by atoms with E-state index in [1.54, 1.807) is 25.4 Å². The normalized spacial score (nSPS) is 16.3. The van der Waals surface area contributed by atoms with Crippen molar-refractivity contribution < 1.29 is 14.2 Å². The number of anilines is 2. The molecular weight excluding hydrogens is 429 g/mol. The highest BCUT2D eigenvalue weighted by atomic mass is 35.5.